The number of fused-ring (bicyclic) bond motifs is 1. The molecule has 1 heterocycles. The van der Waals surface area contributed by atoms with E-state index >= 15 is 0 Å². The number of aldehydes is 1. The van der Waals surface area contributed by atoms with Gasteiger partial charge in [0.2, 0.25) is 0 Å². The number of alkyl halides is 1. The van der Waals surface area contributed by atoms with E-state index in [4.69, 9.17) is 4.74 Å². The summed E-state index contributed by atoms with van der Waals surface area (Å²) in [6.07, 6.45) is 0.0920. The summed E-state index contributed by atoms with van der Waals surface area (Å²) in [5, 5.41) is 10.1. The van der Waals surface area contributed by atoms with E-state index in [-0.39, 0.29) is 4.83 Å². The fraction of sp³-hybridized carbons (Fsp3) is 0.417. The molecule has 86 valence electrons. The normalized spacial score (nSPS) is 26.8. The Balaban J connectivity index is 2.50. The monoisotopic (exact) mass is 284 g/mol. The average molecular weight is 285 g/mol. The van der Waals surface area contributed by atoms with Gasteiger partial charge in [0, 0.05) is 11.1 Å². The molecule has 0 saturated carbocycles. The van der Waals surface area contributed by atoms with Gasteiger partial charge in [0.1, 0.15) is 17.6 Å². The van der Waals surface area contributed by atoms with E-state index in [1.807, 2.05) is 13.8 Å². The zero-order valence-corrected chi connectivity index (χ0v) is 10.7. The number of carbonyl (C=O) groups is 1. The number of carbonyl (C=O) groups excluding carboxylic acids is 1. The number of hydrogen-bond acceptors (Lipinski definition) is 3. The van der Waals surface area contributed by atoms with Crippen LogP contribution in [0.15, 0.2) is 18.2 Å². The minimum absolute atomic E-state index is 0.200. The maximum atomic E-state index is 10.7. The molecule has 0 amide bonds. The van der Waals surface area contributed by atoms with E-state index in [0.717, 1.165) is 6.29 Å². The summed E-state index contributed by atoms with van der Waals surface area (Å²) in [4.78, 5) is 10.5. The number of halogens is 1. The molecule has 0 fully saturated rings. The van der Waals surface area contributed by atoms with Crippen molar-refractivity contribution in [1.82, 2.24) is 0 Å². The van der Waals surface area contributed by atoms with Crippen molar-refractivity contribution in [3.8, 4) is 5.75 Å². The van der Waals surface area contributed by atoms with Gasteiger partial charge in [0.15, 0.2) is 0 Å². The fourth-order valence-electron chi connectivity index (χ4n) is 1.84. The van der Waals surface area contributed by atoms with E-state index in [1.54, 1.807) is 18.2 Å². The van der Waals surface area contributed by atoms with Crippen LogP contribution < -0.4 is 4.74 Å². The van der Waals surface area contributed by atoms with Crippen molar-refractivity contribution in [1.29, 1.82) is 0 Å². The predicted octanol–water partition coefficient (Wildman–Crippen LogP) is 2.47. The molecule has 1 aromatic carbocycles. The Morgan fingerprint density at radius 2 is 2.19 bits per heavy atom. The highest BCUT2D eigenvalue weighted by molar-refractivity contribution is 9.09. The quantitative estimate of drug-likeness (QED) is 0.637. The van der Waals surface area contributed by atoms with Crippen molar-refractivity contribution >= 4 is 22.2 Å². The van der Waals surface area contributed by atoms with Gasteiger partial charge in [0.25, 0.3) is 0 Å². The van der Waals surface area contributed by atoms with Crippen LogP contribution in [0, 0.1) is 0 Å². The molecule has 0 radical (unpaired) electrons. The third-order valence-electron chi connectivity index (χ3n) is 2.80. The average Bonchev–Trinajstić information content (AvgIpc) is 2.25. The number of rotatable bonds is 1. The Hall–Kier alpha value is -0.870. The van der Waals surface area contributed by atoms with Crippen molar-refractivity contribution in [2.75, 3.05) is 0 Å². The molecule has 1 N–H and O–H groups in total. The number of benzene rings is 1. The molecule has 0 aromatic heterocycles. The summed E-state index contributed by atoms with van der Waals surface area (Å²) in [6, 6.07) is 5.07. The zero-order valence-electron chi connectivity index (χ0n) is 9.11. The van der Waals surface area contributed by atoms with Gasteiger partial charge < -0.3 is 9.84 Å². The molecule has 1 aromatic rings. The SMILES string of the molecule is CC1(C)Oc2ccc(C=O)cc2C(O)C1Br. The van der Waals surface area contributed by atoms with Gasteiger partial charge in [-0.25, -0.2) is 0 Å². The highest BCUT2D eigenvalue weighted by Crippen LogP contribution is 2.43. The van der Waals surface area contributed by atoms with Crippen molar-refractivity contribution in [3.63, 3.8) is 0 Å². The number of hydrogen-bond donors (Lipinski definition) is 1. The third-order valence-corrected chi connectivity index (χ3v) is 4.41. The van der Waals surface area contributed by atoms with Crippen LogP contribution in [0.3, 0.4) is 0 Å². The molecular formula is C12H13BrO3. The summed E-state index contributed by atoms with van der Waals surface area (Å²) in [5.41, 5.74) is 0.723. The van der Waals surface area contributed by atoms with Gasteiger partial charge in [-0.3, -0.25) is 4.79 Å². The maximum absolute atomic E-state index is 10.7. The Morgan fingerprint density at radius 3 is 2.81 bits per heavy atom. The minimum atomic E-state index is -0.668. The molecule has 0 bridgehead atoms. The van der Waals surface area contributed by atoms with Crippen LogP contribution >= 0.6 is 15.9 Å². The van der Waals surface area contributed by atoms with Crippen molar-refractivity contribution in [2.24, 2.45) is 0 Å². The number of aliphatic hydroxyl groups excluding tert-OH is 1. The van der Waals surface area contributed by atoms with Gasteiger partial charge in [0.05, 0.1) is 10.9 Å². The molecular weight excluding hydrogens is 272 g/mol. The first-order valence-electron chi connectivity index (χ1n) is 5.06. The predicted molar refractivity (Wildman–Crippen MR) is 64.2 cm³/mol. The molecule has 0 spiro atoms. The van der Waals surface area contributed by atoms with Gasteiger partial charge in [-0.1, -0.05) is 15.9 Å². The summed E-state index contributed by atoms with van der Waals surface area (Å²) in [6.45, 7) is 3.82. The highest BCUT2D eigenvalue weighted by Gasteiger charge is 2.41. The van der Waals surface area contributed by atoms with E-state index < -0.39 is 11.7 Å². The molecule has 2 unspecified atom stereocenters. The van der Waals surface area contributed by atoms with E-state index in [2.05, 4.69) is 15.9 Å². The molecule has 3 nitrogen and oxygen atoms in total. The van der Waals surface area contributed by atoms with Crippen LogP contribution in [0.25, 0.3) is 0 Å². The second-order valence-corrected chi connectivity index (χ2v) is 5.45. The molecule has 0 aliphatic carbocycles. The van der Waals surface area contributed by atoms with Crippen LogP contribution in [0.5, 0.6) is 5.75 Å². The summed E-state index contributed by atoms with van der Waals surface area (Å²) < 4.78 is 5.78. The third kappa shape index (κ3) is 1.76. The van der Waals surface area contributed by atoms with Crippen LogP contribution in [0.1, 0.15) is 35.9 Å². The lowest BCUT2D eigenvalue weighted by Gasteiger charge is -2.40. The van der Waals surface area contributed by atoms with Gasteiger partial charge >= 0.3 is 0 Å². The van der Waals surface area contributed by atoms with E-state index in [0.29, 0.717) is 16.9 Å². The lowest BCUT2D eigenvalue weighted by atomic mass is 9.91. The van der Waals surface area contributed by atoms with Crippen LogP contribution in [0.4, 0.5) is 0 Å². The van der Waals surface area contributed by atoms with Gasteiger partial charge in [-0.05, 0) is 32.0 Å². The highest BCUT2D eigenvalue weighted by atomic mass is 79.9. The summed E-state index contributed by atoms with van der Waals surface area (Å²) in [7, 11) is 0. The van der Waals surface area contributed by atoms with Crippen LogP contribution in [-0.4, -0.2) is 21.8 Å². The number of aliphatic hydroxyl groups is 1. The van der Waals surface area contributed by atoms with E-state index in [9.17, 15) is 9.90 Å². The lowest BCUT2D eigenvalue weighted by molar-refractivity contribution is 0.0225. The second-order valence-electron chi connectivity index (χ2n) is 4.47. The fourth-order valence-corrected chi connectivity index (χ4v) is 2.22. The first-order valence-corrected chi connectivity index (χ1v) is 5.97. The Bertz CT molecular complexity index is 428. The van der Waals surface area contributed by atoms with Crippen molar-refractivity contribution in [2.45, 2.75) is 30.4 Å². The van der Waals surface area contributed by atoms with Crippen LogP contribution in [0.2, 0.25) is 0 Å². The first-order chi connectivity index (χ1) is 7.45. The second kappa shape index (κ2) is 3.86. The van der Waals surface area contributed by atoms with Crippen molar-refractivity contribution < 1.29 is 14.6 Å². The molecule has 2 atom stereocenters. The maximum Gasteiger partial charge on any atom is 0.150 e. The molecule has 0 saturated heterocycles. The smallest absolute Gasteiger partial charge is 0.150 e. The van der Waals surface area contributed by atoms with Crippen molar-refractivity contribution in [3.05, 3.63) is 29.3 Å². The van der Waals surface area contributed by atoms with Gasteiger partial charge in [-0.15, -0.1) is 0 Å². The Labute approximate surface area is 103 Å². The lowest BCUT2D eigenvalue weighted by Crippen LogP contribution is -2.45. The molecule has 16 heavy (non-hydrogen) atoms. The summed E-state index contributed by atoms with van der Waals surface area (Å²) >= 11 is 3.43. The zero-order chi connectivity index (χ0) is 11.9. The molecule has 4 heteroatoms. The Morgan fingerprint density at radius 1 is 1.50 bits per heavy atom. The molecule has 2 rings (SSSR count). The van der Waals surface area contributed by atoms with E-state index in [1.165, 1.54) is 0 Å². The topological polar surface area (TPSA) is 46.5 Å². The van der Waals surface area contributed by atoms with Gasteiger partial charge in [-0.2, -0.15) is 0 Å². The summed E-state index contributed by atoms with van der Waals surface area (Å²) in [5.74, 6) is 0.638. The Kier molecular flexibility index (Phi) is 2.80. The number of ether oxygens (including phenoxy) is 1. The molecule has 1 aliphatic heterocycles. The van der Waals surface area contributed by atoms with Crippen LogP contribution in [-0.2, 0) is 0 Å². The largest absolute Gasteiger partial charge is 0.486 e. The standard InChI is InChI=1S/C12H13BrO3/c1-12(2)11(13)10(15)8-5-7(6-14)3-4-9(8)16-12/h3-6,10-11,15H,1-2H3. The minimum Gasteiger partial charge on any atom is -0.486 e. The molecule has 1 aliphatic rings. The first kappa shape index (κ1) is 11.6.